The molecule has 0 saturated carbocycles. The Morgan fingerprint density at radius 2 is 2.00 bits per heavy atom. The van der Waals surface area contributed by atoms with E-state index < -0.39 is 0 Å². The molecule has 0 N–H and O–H groups in total. The zero-order valence-corrected chi connectivity index (χ0v) is 16.3. The molecule has 6 heteroatoms. The van der Waals surface area contributed by atoms with E-state index in [0.29, 0.717) is 11.8 Å². The minimum Gasteiger partial charge on any atom is -0.497 e. The van der Waals surface area contributed by atoms with Crippen LogP contribution in [0.1, 0.15) is 24.4 Å². The van der Waals surface area contributed by atoms with Gasteiger partial charge in [-0.2, -0.15) is 0 Å². The van der Waals surface area contributed by atoms with Crippen molar-refractivity contribution < 1.29 is 9.53 Å². The van der Waals surface area contributed by atoms with Gasteiger partial charge in [-0.15, -0.1) is 0 Å². The number of likely N-dealkylation sites (tertiary alicyclic amines) is 2. The molecule has 3 atom stereocenters. The van der Waals surface area contributed by atoms with E-state index in [9.17, 15) is 4.79 Å². The Bertz CT molecular complexity index is 801. The number of fused-ring (bicyclic) bond motifs is 1. The molecule has 27 heavy (non-hydrogen) atoms. The van der Waals surface area contributed by atoms with E-state index >= 15 is 0 Å². The molecule has 4 rings (SSSR count). The first-order chi connectivity index (χ1) is 13.1. The van der Waals surface area contributed by atoms with Crippen molar-refractivity contribution in [1.82, 2.24) is 19.4 Å². The predicted molar refractivity (Wildman–Crippen MR) is 103 cm³/mol. The number of nitrogens with zero attached hydrogens (tertiary/aromatic N) is 4. The molecule has 1 aromatic carbocycles. The number of aryl methyl sites for hydroxylation is 1. The molecule has 0 bridgehead atoms. The smallest absolute Gasteiger partial charge is 0.219 e. The number of imidazole rings is 1. The fraction of sp³-hybridized carbons (Fsp3) is 0.524. The van der Waals surface area contributed by atoms with E-state index in [1.807, 2.05) is 31.6 Å². The SMILES string of the molecule is COc1ccc([C@H]2[C@@H]3CN(CCc4nccn4C)C[C@@H]3CN2C(C)=O)cc1. The molecular formula is C21H28N4O2. The van der Waals surface area contributed by atoms with Crippen LogP contribution in [0.15, 0.2) is 36.7 Å². The molecule has 0 unspecified atom stereocenters. The maximum absolute atomic E-state index is 12.3. The van der Waals surface area contributed by atoms with Gasteiger partial charge in [-0.3, -0.25) is 4.79 Å². The molecular weight excluding hydrogens is 340 g/mol. The first kappa shape index (κ1) is 18.0. The molecule has 0 aliphatic carbocycles. The molecule has 2 aliphatic rings. The Hall–Kier alpha value is -2.34. The number of hydrogen-bond acceptors (Lipinski definition) is 4. The van der Waals surface area contributed by atoms with Crippen LogP contribution in [0.4, 0.5) is 0 Å². The van der Waals surface area contributed by atoms with Gasteiger partial charge in [0.1, 0.15) is 11.6 Å². The Labute approximate surface area is 160 Å². The summed E-state index contributed by atoms with van der Waals surface area (Å²) in [6.45, 7) is 5.67. The first-order valence-electron chi connectivity index (χ1n) is 9.66. The number of benzene rings is 1. The second-order valence-electron chi connectivity index (χ2n) is 7.78. The van der Waals surface area contributed by atoms with Crippen LogP contribution in [0.3, 0.4) is 0 Å². The predicted octanol–water partition coefficient (Wildman–Crippen LogP) is 2.12. The number of amides is 1. The molecule has 2 aromatic rings. The van der Waals surface area contributed by atoms with E-state index in [2.05, 4.69) is 31.5 Å². The fourth-order valence-electron chi connectivity index (χ4n) is 4.77. The van der Waals surface area contributed by atoms with E-state index in [1.165, 1.54) is 5.56 Å². The average Bonchev–Trinajstić information content (AvgIpc) is 3.34. The highest BCUT2D eigenvalue weighted by Crippen LogP contribution is 2.45. The highest BCUT2D eigenvalue weighted by atomic mass is 16.5. The van der Waals surface area contributed by atoms with Crippen LogP contribution in [0.25, 0.3) is 0 Å². The zero-order chi connectivity index (χ0) is 19.0. The lowest BCUT2D eigenvalue weighted by Crippen LogP contribution is -2.35. The number of aromatic nitrogens is 2. The van der Waals surface area contributed by atoms with Gasteiger partial charge >= 0.3 is 0 Å². The van der Waals surface area contributed by atoms with Gasteiger partial charge < -0.3 is 19.1 Å². The Kier molecular flexibility index (Phi) is 4.91. The summed E-state index contributed by atoms with van der Waals surface area (Å²) in [6.07, 6.45) is 4.82. The van der Waals surface area contributed by atoms with Gasteiger partial charge in [0.15, 0.2) is 0 Å². The third-order valence-electron chi connectivity index (χ3n) is 6.17. The largest absolute Gasteiger partial charge is 0.497 e. The van der Waals surface area contributed by atoms with E-state index in [0.717, 1.165) is 44.2 Å². The lowest BCUT2D eigenvalue weighted by molar-refractivity contribution is -0.130. The maximum Gasteiger partial charge on any atom is 0.219 e. The summed E-state index contributed by atoms with van der Waals surface area (Å²) in [7, 11) is 3.73. The third-order valence-corrected chi connectivity index (χ3v) is 6.17. The van der Waals surface area contributed by atoms with Crippen molar-refractivity contribution in [1.29, 1.82) is 0 Å². The number of methoxy groups -OCH3 is 1. The summed E-state index contributed by atoms with van der Waals surface area (Å²) in [4.78, 5) is 21.3. The van der Waals surface area contributed by atoms with Gasteiger partial charge in [0.25, 0.3) is 0 Å². The molecule has 144 valence electrons. The Balaban J connectivity index is 1.48. The van der Waals surface area contributed by atoms with Crippen molar-refractivity contribution in [2.45, 2.75) is 19.4 Å². The zero-order valence-electron chi connectivity index (χ0n) is 16.3. The van der Waals surface area contributed by atoms with Crippen molar-refractivity contribution in [3.05, 3.63) is 48.0 Å². The normalized spacial score (nSPS) is 25.0. The van der Waals surface area contributed by atoms with Crippen LogP contribution < -0.4 is 4.74 Å². The van der Waals surface area contributed by atoms with Crippen LogP contribution >= 0.6 is 0 Å². The summed E-state index contributed by atoms with van der Waals surface area (Å²) in [5.41, 5.74) is 1.21. The number of ether oxygens (including phenoxy) is 1. The van der Waals surface area contributed by atoms with E-state index in [1.54, 1.807) is 14.0 Å². The monoisotopic (exact) mass is 368 g/mol. The number of hydrogen-bond donors (Lipinski definition) is 0. The van der Waals surface area contributed by atoms with Crippen molar-refractivity contribution in [3.63, 3.8) is 0 Å². The number of carbonyl (C=O) groups excluding carboxylic acids is 1. The molecule has 0 spiro atoms. The summed E-state index contributed by atoms with van der Waals surface area (Å²) < 4.78 is 7.38. The second-order valence-corrected chi connectivity index (χ2v) is 7.78. The average molecular weight is 368 g/mol. The molecule has 0 radical (unpaired) electrons. The molecule has 2 fully saturated rings. The highest BCUT2D eigenvalue weighted by molar-refractivity contribution is 5.74. The van der Waals surface area contributed by atoms with Gasteiger partial charge in [-0.1, -0.05) is 12.1 Å². The molecule has 1 aromatic heterocycles. The second kappa shape index (κ2) is 7.35. The summed E-state index contributed by atoms with van der Waals surface area (Å²) in [6, 6.07) is 8.37. The molecule has 6 nitrogen and oxygen atoms in total. The topological polar surface area (TPSA) is 50.6 Å². The summed E-state index contributed by atoms with van der Waals surface area (Å²) in [5, 5.41) is 0. The maximum atomic E-state index is 12.3. The molecule has 2 aliphatic heterocycles. The van der Waals surface area contributed by atoms with Gasteiger partial charge in [0.2, 0.25) is 5.91 Å². The molecule has 3 heterocycles. The Morgan fingerprint density at radius 3 is 2.63 bits per heavy atom. The standard InChI is InChI=1S/C21H28N4O2/c1-15(26)25-13-17-12-24(10-8-20-22-9-11-23(20)2)14-19(17)21(25)16-4-6-18(27-3)7-5-16/h4-7,9,11,17,19,21H,8,10,12-14H2,1-3H3/t17-,19-,21+/m1/s1. The third kappa shape index (κ3) is 3.46. The van der Waals surface area contributed by atoms with Gasteiger partial charge in [0.05, 0.1) is 13.2 Å². The van der Waals surface area contributed by atoms with E-state index in [-0.39, 0.29) is 11.9 Å². The van der Waals surface area contributed by atoms with Gasteiger partial charge in [-0.05, 0) is 23.6 Å². The van der Waals surface area contributed by atoms with Crippen LogP contribution in [-0.2, 0) is 18.3 Å². The van der Waals surface area contributed by atoms with Crippen LogP contribution in [0.5, 0.6) is 5.75 Å². The first-order valence-corrected chi connectivity index (χ1v) is 9.66. The number of rotatable bonds is 5. The van der Waals surface area contributed by atoms with Crippen molar-refractivity contribution in [3.8, 4) is 5.75 Å². The van der Waals surface area contributed by atoms with Crippen molar-refractivity contribution in [2.24, 2.45) is 18.9 Å². The summed E-state index contributed by atoms with van der Waals surface area (Å²) >= 11 is 0. The highest BCUT2D eigenvalue weighted by Gasteiger charge is 2.48. The Morgan fingerprint density at radius 1 is 1.22 bits per heavy atom. The van der Waals surface area contributed by atoms with Crippen LogP contribution in [0.2, 0.25) is 0 Å². The minimum absolute atomic E-state index is 0.163. The quantitative estimate of drug-likeness (QED) is 0.811. The molecule has 1 amide bonds. The minimum atomic E-state index is 0.163. The van der Waals surface area contributed by atoms with Crippen molar-refractivity contribution >= 4 is 5.91 Å². The lowest BCUT2D eigenvalue weighted by Gasteiger charge is -2.29. The summed E-state index contributed by atoms with van der Waals surface area (Å²) in [5.74, 6) is 3.19. The van der Waals surface area contributed by atoms with Gasteiger partial charge in [-0.25, -0.2) is 4.98 Å². The van der Waals surface area contributed by atoms with Crippen LogP contribution in [-0.4, -0.2) is 58.5 Å². The van der Waals surface area contributed by atoms with Crippen LogP contribution in [0, 0.1) is 11.8 Å². The molecule has 2 saturated heterocycles. The number of carbonyl (C=O) groups is 1. The lowest BCUT2D eigenvalue weighted by atomic mass is 9.89. The fourth-order valence-corrected chi connectivity index (χ4v) is 4.77. The van der Waals surface area contributed by atoms with Crippen molar-refractivity contribution in [2.75, 3.05) is 33.3 Å². The van der Waals surface area contributed by atoms with E-state index in [4.69, 9.17) is 4.74 Å². The van der Waals surface area contributed by atoms with Gasteiger partial charge in [0, 0.05) is 64.9 Å².